The van der Waals surface area contributed by atoms with Gasteiger partial charge in [0.25, 0.3) is 0 Å². The first-order valence-corrected chi connectivity index (χ1v) is 7.37. The number of carbonyl (C=O) groups is 1. The monoisotopic (exact) mass is 466 g/mol. The predicted octanol–water partition coefficient (Wildman–Crippen LogP) is 3.89. The molecule has 0 amide bonds. The van der Waals surface area contributed by atoms with Gasteiger partial charge in [0.1, 0.15) is 6.29 Å². The molecule has 2 aromatic carbocycles. The van der Waals surface area contributed by atoms with Crippen LogP contribution in [0, 0.1) is 7.14 Å². The van der Waals surface area contributed by atoms with E-state index < -0.39 is 0 Å². The van der Waals surface area contributed by atoms with Gasteiger partial charge in [-0.15, -0.1) is 0 Å². The predicted molar refractivity (Wildman–Crippen MR) is 89.6 cm³/mol. The van der Waals surface area contributed by atoms with Gasteiger partial charge < -0.3 is 5.11 Å². The molecule has 0 aromatic heterocycles. The first-order chi connectivity index (χ1) is 8.65. The topological polar surface area (TPSA) is 37.3 Å². The minimum absolute atomic E-state index is 0.136. The quantitative estimate of drug-likeness (QED) is 0.539. The van der Waals surface area contributed by atoms with Crippen molar-refractivity contribution in [1.82, 2.24) is 0 Å². The van der Waals surface area contributed by atoms with Gasteiger partial charge >= 0.3 is 0 Å². The summed E-state index contributed by atoms with van der Waals surface area (Å²) in [5.41, 5.74) is 1.70. The van der Waals surface area contributed by atoms with Crippen LogP contribution in [0.2, 0.25) is 0 Å². The maximum Gasteiger partial charge on any atom is 0.150 e. The van der Waals surface area contributed by atoms with Gasteiger partial charge in [-0.25, -0.2) is 0 Å². The molecule has 0 saturated heterocycles. The Hall–Kier alpha value is -0.470. The average molecular weight is 466 g/mol. The lowest BCUT2D eigenvalue weighted by Crippen LogP contribution is -1.80. The molecule has 94 valence electrons. The van der Waals surface area contributed by atoms with Crippen LogP contribution in [0.4, 0.5) is 0 Å². The molecular formula is C14H12I2O2. The van der Waals surface area contributed by atoms with E-state index in [9.17, 15) is 4.79 Å². The second kappa shape index (κ2) is 8.60. The molecule has 0 bridgehead atoms. The maximum atomic E-state index is 10.1. The lowest BCUT2D eigenvalue weighted by atomic mass is 10.2. The highest BCUT2D eigenvalue weighted by Gasteiger charge is 1.87. The Bertz CT molecular complexity index is 478. The highest BCUT2D eigenvalue weighted by atomic mass is 127. The van der Waals surface area contributed by atoms with E-state index in [0.29, 0.717) is 0 Å². The third kappa shape index (κ3) is 5.92. The van der Waals surface area contributed by atoms with Crippen LogP contribution in [0.15, 0.2) is 48.5 Å². The Kier molecular flexibility index (Phi) is 7.45. The molecule has 0 saturated carbocycles. The van der Waals surface area contributed by atoms with E-state index in [2.05, 4.69) is 45.2 Å². The zero-order valence-electron chi connectivity index (χ0n) is 9.51. The molecule has 18 heavy (non-hydrogen) atoms. The van der Waals surface area contributed by atoms with E-state index in [1.54, 1.807) is 12.1 Å². The van der Waals surface area contributed by atoms with Crippen LogP contribution >= 0.6 is 45.2 Å². The summed E-state index contributed by atoms with van der Waals surface area (Å²) in [7, 11) is 0. The molecule has 2 aromatic rings. The summed E-state index contributed by atoms with van der Waals surface area (Å²) >= 11 is 4.43. The second-order valence-electron chi connectivity index (χ2n) is 3.45. The molecule has 2 nitrogen and oxygen atoms in total. The van der Waals surface area contributed by atoms with Gasteiger partial charge in [0.2, 0.25) is 0 Å². The summed E-state index contributed by atoms with van der Waals surface area (Å²) in [6, 6.07) is 15.2. The molecule has 0 atom stereocenters. The number of hydrogen-bond donors (Lipinski definition) is 1. The zero-order valence-corrected chi connectivity index (χ0v) is 13.8. The van der Waals surface area contributed by atoms with Crippen LogP contribution in [0.1, 0.15) is 15.9 Å². The normalized spacial score (nSPS) is 9.28. The van der Waals surface area contributed by atoms with Crippen LogP contribution in [-0.2, 0) is 6.61 Å². The smallest absolute Gasteiger partial charge is 0.150 e. The zero-order chi connectivity index (χ0) is 13.4. The van der Waals surface area contributed by atoms with Gasteiger partial charge in [0.15, 0.2) is 0 Å². The van der Waals surface area contributed by atoms with Crippen LogP contribution < -0.4 is 0 Å². The van der Waals surface area contributed by atoms with Crippen molar-refractivity contribution >= 4 is 51.5 Å². The lowest BCUT2D eigenvalue weighted by Gasteiger charge is -1.92. The average Bonchev–Trinajstić information content (AvgIpc) is 2.41. The summed E-state index contributed by atoms with van der Waals surface area (Å²) in [5, 5.41) is 8.63. The first kappa shape index (κ1) is 15.6. The van der Waals surface area contributed by atoms with Crippen LogP contribution in [-0.4, -0.2) is 11.4 Å². The Morgan fingerprint density at radius 1 is 0.889 bits per heavy atom. The molecule has 0 heterocycles. The highest BCUT2D eigenvalue weighted by Crippen LogP contribution is 2.06. The van der Waals surface area contributed by atoms with E-state index in [4.69, 9.17) is 5.11 Å². The van der Waals surface area contributed by atoms with Crippen LogP contribution in [0.5, 0.6) is 0 Å². The van der Waals surface area contributed by atoms with E-state index in [-0.39, 0.29) is 6.61 Å². The van der Waals surface area contributed by atoms with Gasteiger partial charge in [-0.2, -0.15) is 0 Å². The van der Waals surface area contributed by atoms with Gasteiger partial charge in [-0.3, -0.25) is 4.79 Å². The number of aliphatic hydroxyl groups excluding tert-OH is 1. The molecule has 0 unspecified atom stereocenters. The van der Waals surface area contributed by atoms with E-state index in [1.807, 2.05) is 36.4 Å². The lowest BCUT2D eigenvalue weighted by molar-refractivity contribution is 0.112. The molecule has 1 N–H and O–H groups in total. The fourth-order valence-corrected chi connectivity index (χ4v) is 1.85. The van der Waals surface area contributed by atoms with E-state index >= 15 is 0 Å². The minimum Gasteiger partial charge on any atom is -0.392 e. The number of halogens is 2. The van der Waals surface area contributed by atoms with Crippen molar-refractivity contribution < 1.29 is 9.90 Å². The van der Waals surface area contributed by atoms with Gasteiger partial charge in [-0.1, -0.05) is 24.3 Å². The van der Waals surface area contributed by atoms with Gasteiger partial charge in [0.05, 0.1) is 6.61 Å². The summed E-state index contributed by atoms with van der Waals surface area (Å²) in [6.45, 7) is 0.136. The number of carbonyl (C=O) groups excluding carboxylic acids is 1. The SMILES string of the molecule is O=Cc1ccc(I)cc1.OCc1ccc(I)cc1. The molecule has 2 rings (SSSR count). The van der Waals surface area contributed by atoms with Gasteiger partial charge in [0, 0.05) is 12.7 Å². The Morgan fingerprint density at radius 3 is 1.72 bits per heavy atom. The van der Waals surface area contributed by atoms with Crippen molar-refractivity contribution in [2.45, 2.75) is 6.61 Å². The number of hydrogen-bond acceptors (Lipinski definition) is 2. The third-order valence-electron chi connectivity index (χ3n) is 2.10. The standard InChI is InChI=1S/C7H7IO.C7H5IO/c2*8-7-3-1-6(5-9)2-4-7/h1-4,9H,5H2;1-5H. The van der Waals surface area contributed by atoms with Crippen molar-refractivity contribution in [3.63, 3.8) is 0 Å². The second-order valence-corrected chi connectivity index (χ2v) is 5.95. The summed E-state index contributed by atoms with van der Waals surface area (Å²) < 4.78 is 2.35. The summed E-state index contributed by atoms with van der Waals surface area (Å²) in [5.74, 6) is 0. The van der Waals surface area contributed by atoms with Gasteiger partial charge in [-0.05, 0) is 75.0 Å². The largest absolute Gasteiger partial charge is 0.392 e. The molecule has 0 radical (unpaired) electrons. The fraction of sp³-hybridized carbons (Fsp3) is 0.0714. The number of aldehydes is 1. The van der Waals surface area contributed by atoms with Crippen molar-refractivity contribution in [3.05, 3.63) is 66.8 Å². The third-order valence-corrected chi connectivity index (χ3v) is 3.54. The Balaban J connectivity index is 0.000000180. The van der Waals surface area contributed by atoms with Crippen molar-refractivity contribution in [1.29, 1.82) is 0 Å². The first-order valence-electron chi connectivity index (χ1n) is 5.21. The van der Waals surface area contributed by atoms with E-state index in [1.165, 1.54) is 3.57 Å². The molecule has 0 spiro atoms. The van der Waals surface area contributed by atoms with Crippen molar-refractivity contribution in [2.75, 3.05) is 0 Å². The highest BCUT2D eigenvalue weighted by molar-refractivity contribution is 14.1. The van der Waals surface area contributed by atoms with E-state index in [0.717, 1.165) is 21.0 Å². The molecular weight excluding hydrogens is 454 g/mol. The molecule has 0 aliphatic heterocycles. The number of aliphatic hydroxyl groups is 1. The van der Waals surface area contributed by atoms with Crippen molar-refractivity contribution in [2.24, 2.45) is 0 Å². The molecule has 0 aliphatic rings. The van der Waals surface area contributed by atoms with Crippen molar-refractivity contribution in [3.8, 4) is 0 Å². The minimum atomic E-state index is 0.136. The Morgan fingerprint density at radius 2 is 1.33 bits per heavy atom. The fourth-order valence-electron chi connectivity index (χ4n) is 1.13. The van der Waals surface area contributed by atoms with Crippen LogP contribution in [0.3, 0.4) is 0 Å². The summed E-state index contributed by atoms with van der Waals surface area (Å²) in [4.78, 5) is 10.1. The molecule has 0 fully saturated rings. The number of benzene rings is 2. The molecule has 0 aliphatic carbocycles. The summed E-state index contributed by atoms with van der Waals surface area (Å²) in [6.07, 6.45) is 0.843. The number of rotatable bonds is 2. The maximum absolute atomic E-state index is 10.1. The Labute approximate surface area is 134 Å². The molecule has 4 heteroatoms. The van der Waals surface area contributed by atoms with Crippen LogP contribution in [0.25, 0.3) is 0 Å².